The Bertz CT molecular complexity index is 646. The van der Waals surface area contributed by atoms with Crippen molar-refractivity contribution in [1.29, 1.82) is 0 Å². The van der Waals surface area contributed by atoms with Crippen LogP contribution in [0.5, 0.6) is 0 Å². The smallest absolute Gasteiger partial charge is 0.196 e. The van der Waals surface area contributed by atoms with Gasteiger partial charge in [0.25, 0.3) is 0 Å². The van der Waals surface area contributed by atoms with E-state index in [2.05, 4.69) is 0 Å². The first-order valence-electron chi connectivity index (χ1n) is 6.20. The molecule has 0 saturated carbocycles. The van der Waals surface area contributed by atoms with Gasteiger partial charge >= 0.3 is 0 Å². The predicted octanol–water partition coefficient (Wildman–Crippen LogP) is 4.46. The van der Waals surface area contributed by atoms with E-state index in [4.69, 9.17) is 0 Å². The molecule has 0 aliphatic rings. The highest BCUT2D eigenvalue weighted by atomic mass is 19.2. The molecule has 2 aromatic carbocycles. The lowest BCUT2D eigenvalue weighted by Crippen LogP contribution is -2.07. The summed E-state index contributed by atoms with van der Waals surface area (Å²) in [7, 11) is 0. The molecule has 0 amide bonds. The van der Waals surface area contributed by atoms with E-state index in [1.54, 1.807) is 24.3 Å². The lowest BCUT2D eigenvalue weighted by atomic mass is 9.98. The Morgan fingerprint density at radius 2 is 1.50 bits per heavy atom. The first kappa shape index (κ1) is 14.3. The van der Waals surface area contributed by atoms with Crippen molar-refractivity contribution in [2.24, 2.45) is 0 Å². The molecule has 104 valence electrons. The topological polar surface area (TPSA) is 17.1 Å². The van der Waals surface area contributed by atoms with E-state index in [0.717, 1.165) is 17.7 Å². The molecule has 0 heterocycles. The summed E-state index contributed by atoms with van der Waals surface area (Å²) in [4.78, 5) is 12.1. The van der Waals surface area contributed by atoms with Crippen molar-refractivity contribution in [2.45, 2.75) is 19.8 Å². The van der Waals surface area contributed by atoms with Crippen molar-refractivity contribution in [1.82, 2.24) is 0 Å². The van der Waals surface area contributed by atoms with Gasteiger partial charge in [0.05, 0.1) is 5.56 Å². The average molecular weight is 278 g/mol. The van der Waals surface area contributed by atoms with Crippen LogP contribution in [-0.4, -0.2) is 5.78 Å². The molecule has 0 aromatic heterocycles. The first-order valence-corrected chi connectivity index (χ1v) is 6.20. The van der Waals surface area contributed by atoms with Crippen LogP contribution in [0.25, 0.3) is 0 Å². The van der Waals surface area contributed by atoms with Gasteiger partial charge in [-0.1, -0.05) is 38.1 Å². The van der Waals surface area contributed by atoms with Gasteiger partial charge in [0.1, 0.15) is 0 Å². The van der Waals surface area contributed by atoms with Crippen molar-refractivity contribution >= 4 is 5.78 Å². The van der Waals surface area contributed by atoms with E-state index in [1.807, 2.05) is 13.8 Å². The minimum absolute atomic E-state index is 0.235. The SMILES string of the molecule is CC(C)c1ccc(C(=O)c2ccc(F)c(F)c2F)cc1. The minimum Gasteiger partial charge on any atom is -0.288 e. The van der Waals surface area contributed by atoms with E-state index in [0.29, 0.717) is 5.92 Å². The normalized spacial score (nSPS) is 10.9. The van der Waals surface area contributed by atoms with Crippen LogP contribution in [-0.2, 0) is 0 Å². The number of hydrogen-bond acceptors (Lipinski definition) is 1. The summed E-state index contributed by atoms with van der Waals surface area (Å²) in [5.74, 6) is -4.76. The van der Waals surface area contributed by atoms with Gasteiger partial charge in [0, 0.05) is 5.56 Å². The molecule has 0 aliphatic carbocycles. The van der Waals surface area contributed by atoms with Crippen LogP contribution in [0.2, 0.25) is 0 Å². The monoisotopic (exact) mass is 278 g/mol. The minimum atomic E-state index is -1.63. The highest BCUT2D eigenvalue weighted by Gasteiger charge is 2.19. The molecule has 0 spiro atoms. The lowest BCUT2D eigenvalue weighted by Gasteiger charge is -2.07. The molecule has 0 aliphatic heterocycles. The highest BCUT2D eigenvalue weighted by molar-refractivity contribution is 6.09. The summed E-state index contributed by atoms with van der Waals surface area (Å²) in [6.45, 7) is 4.01. The van der Waals surface area contributed by atoms with Gasteiger partial charge < -0.3 is 0 Å². The van der Waals surface area contributed by atoms with Crippen molar-refractivity contribution in [3.05, 3.63) is 70.5 Å². The quantitative estimate of drug-likeness (QED) is 0.598. The fourth-order valence-electron chi connectivity index (χ4n) is 1.88. The summed E-state index contributed by atoms with van der Waals surface area (Å²) < 4.78 is 39.5. The molecule has 2 rings (SSSR count). The van der Waals surface area contributed by atoms with Crippen LogP contribution >= 0.6 is 0 Å². The first-order chi connectivity index (χ1) is 9.41. The van der Waals surface area contributed by atoms with Crippen LogP contribution in [0.3, 0.4) is 0 Å². The third kappa shape index (κ3) is 2.59. The third-order valence-electron chi connectivity index (χ3n) is 3.12. The fraction of sp³-hybridized carbons (Fsp3) is 0.188. The van der Waals surface area contributed by atoms with Gasteiger partial charge in [-0.3, -0.25) is 4.79 Å². The van der Waals surface area contributed by atoms with Crippen LogP contribution in [0, 0.1) is 17.5 Å². The molecule has 0 atom stereocenters. The zero-order valence-electron chi connectivity index (χ0n) is 11.1. The zero-order valence-corrected chi connectivity index (χ0v) is 11.1. The van der Waals surface area contributed by atoms with E-state index >= 15 is 0 Å². The second kappa shape index (κ2) is 5.49. The largest absolute Gasteiger partial charge is 0.288 e. The van der Waals surface area contributed by atoms with Crippen molar-refractivity contribution < 1.29 is 18.0 Å². The maximum atomic E-state index is 13.6. The maximum absolute atomic E-state index is 13.6. The van der Waals surface area contributed by atoms with Crippen LogP contribution < -0.4 is 0 Å². The summed E-state index contributed by atoms with van der Waals surface area (Å²) in [6.07, 6.45) is 0. The van der Waals surface area contributed by atoms with Gasteiger partial charge in [0.2, 0.25) is 0 Å². The van der Waals surface area contributed by atoms with Gasteiger partial charge in [-0.05, 0) is 23.6 Å². The number of halogens is 3. The van der Waals surface area contributed by atoms with Crippen molar-refractivity contribution in [3.63, 3.8) is 0 Å². The number of ketones is 1. The van der Waals surface area contributed by atoms with Crippen molar-refractivity contribution in [2.75, 3.05) is 0 Å². The number of carbonyl (C=O) groups is 1. The Hall–Kier alpha value is -2.10. The highest BCUT2D eigenvalue weighted by Crippen LogP contribution is 2.20. The molecule has 20 heavy (non-hydrogen) atoms. The van der Waals surface area contributed by atoms with E-state index in [9.17, 15) is 18.0 Å². The lowest BCUT2D eigenvalue weighted by molar-refractivity contribution is 0.103. The predicted molar refractivity (Wildman–Crippen MR) is 70.3 cm³/mol. The summed E-state index contributed by atoms with van der Waals surface area (Å²) in [5.41, 5.74) is 0.799. The number of rotatable bonds is 3. The van der Waals surface area contributed by atoms with Crippen LogP contribution in [0.4, 0.5) is 13.2 Å². The summed E-state index contributed by atoms with van der Waals surface area (Å²) in [6, 6.07) is 8.32. The Kier molecular flexibility index (Phi) is 3.93. The second-order valence-electron chi connectivity index (χ2n) is 4.83. The Morgan fingerprint density at radius 1 is 0.900 bits per heavy atom. The molecule has 4 heteroatoms. The summed E-state index contributed by atoms with van der Waals surface area (Å²) >= 11 is 0. The Morgan fingerprint density at radius 3 is 2.05 bits per heavy atom. The molecule has 0 saturated heterocycles. The zero-order chi connectivity index (χ0) is 14.9. The second-order valence-corrected chi connectivity index (χ2v) is 4.83. The molecule has 0 N–H and O–H groups in total. The molecule has 0 fully saturated rings. The molecule has 2 aromatic rings. The molecular weight excluding hydrogens is 265 g/mol. The van der Waals surface area contributed by atoms with Gasteiger partial charge in [-0.25, -0.2) is 13.2 Å². The van der Waals surface area contributed by atoms with E-state index in [-0.39, 0.29) is 5.56 Å². The fourth-order valence-corrected chi connectivity index (χ4v) is 1.88. The molecule has 0 bridgehead atoms. The van der Waals surface area contributed by atoms with E-state index < -0.39 is 28.8 Å². The number of hydrogen-bond donors (Lipinski definition) is 0. The van der Waals surface area contributed by atoms with E-state index in [1.165, 1.54) is 0 Å². The van der Waals surface area contributed by atoms with Crippen molar-refractivity contribution in [3.8, 4) is 0 Å². The number of benzene rings is 2. The standard InChI is InChI=1S/C16H13F3O/c1-9(2)10-3-5-11(6-4-10)16(20)12-7-8-13(17)15(19)14(12)18/h3-9H,1-2H3. The Labute approximate surface area is 115 Å². The average Bonchev–Trinajstić information content (AvgIpc) is 2.44. The van der Waals surface area contributed by atoms with Crippen LogP contribution in [0.1, 0.15) is 41.3 Å². The number of carbonyl (C=O) groups excluding carboxylic acids is 1. The molecule has 0 unspecified atom stereocenters. The maximum Gasteiger partial charge on any atom is 0.196 e. The van der Waals surface area contributed by atoms with Gasteiger partial charge in [-0.2, -0.15) is 0 Å². The Balaban J connectivity index is 2.39. The van der Waals surface area contributed by atoms with Gasteiger partial charge in [-0.15, -0.1) is 0 Å². The molecule has 1 nitrogen and oxygen atoms in total. The van der Waals surface area contributed by atoms with Gasteiger partial charge in [0.15, 0.2) is 23.2 Å². The molecule has 0 radical (unpaired) electrons. The summed E-state index contributed by atoms with van der Waals surface area (Å²) in [5, 5.41) is 0. The molecular formula is C16H13F3O. The third-order valence-corrected chi connectivity index (χ3v) is 3.12. The van der Waals surface area contributed by atoms with Crippen LogP contribution in [0.15, 0.2) is 36.4 Å².